The standard InChI is InChI=1S/C18H25FN4OS/c1-14-13-23-17(25-14)9-11-22-18(20-2)21-10-3-4-12-24-16-7-5-15(19)6-8-16/h5-8,13H,3-4,9-12H2,1-2H3,(H2,20,21,22). The van der Waals surface area contributed by atoms with E-state index in [4.69, 9.17) is 4.74 Å². The third-order valence-electron chi connectivity index (χ3n) is 3.47. The Morgan fingerprint density at radius 3 is 2.64 bits per heavy atom. The van der Waals surface area contributed by atoms with Gasteiger partial charge in [0.1, 0.15) is 11.6 Å². The lowest BCUT2D eigenvalue weighted by atomic mass is 10.3. The minimum Gasteiger partial charge on any atom is -0.494 e. The van der Waals surface area contributed by atoms with Crippen LogP contribution in [0.25, 0.3) is 0 Å². The van der Waals surface area contributed by atoms with Gasteiger partial charge in [-0.25, -0.2) is 9.37 Å². The number of unbranched alkanes of at least 4 members (excludes halogenated alkanes) is 1. The van der Waals surface area contributed by atoms with Crippen LogP contribution in [0.15, 0.2) is 35.5 Å². The number of guanidine groups is 1. The summed E-state index contributed by atoms with van der Waals surface area (Å²) in [6.07, 6.45) is 4.68. The summed E-state index contributed by atoms with van der Waals surface area (Å²) < 4.78 is 18.4. The van der Waals surface area contributed by atoms with Crippen molar-refractivity contribution in [2.24, 2.45) is 4.99 Å². The fourth-order valence-corrected chi connectivity index (χ4v) is 2.97. The number of hydrogen-bond acceptors (Lipinski definition) is 4. The van der Waals surface area contributed by atoms with Gasteiger partial charge in [-0.3, -0.25) is 4.99 Å². The summed E-state index contributed by atoms with van der Waals surface area (Å²) in [5.41, 5.74) is 0. The number of halogens is 1. The summed E-state index contributed by atoms with van der Waals surface area (Å²) in [5, 5.41) is 7.71. The van der Waals surface area contributed by atoms with Crippen molar-refractivity contribution in [3.05, 3.63) is 46.2 Å². The highest BCUT2D eigenvalue weighted by atomic mass is 32.1. The van der Waals surface area contributed by atoms with Crippen molar-refractivity contribution in [3.8, 4) is 5.75 Å². The summed E-state index contributed by atoms with van der Waals surface area (Å²) in [6, 6.07) is 6.09. The van der Waals surface area contributed by atoms with E-state index in [1.54, 1.807) is 30.5 Å². The van der Waals surface area contributed by atoms with Crippen LogP contribution in [-0.4, -0.2) is 37.7 Å². The first-order chi connectivity index (χ1) is 12.2. The maximum Gasteiger partial charge on any atom is 0.190 e. The van der Waals surface area contributed by atoms with Gasteiger partial charge in [0.05, 0.1) is 11.6 Å². The monoisotopic (exact) mass is 364 g/mol. The maximum absolute atomic E-state index is 12.8. The zero-order valence-corrected chi connectivity index (χ0v) is 15.5. The van der Waals surface area contributed by atoms with Gasteiger partial charge in [-0.2, -0.15) is 0 Å². The number of aliphatic imine (C=N–C) groups is 1. The van der Waals surface area contributed by atoms with Crippen molar-refractivity contribution in [1.82, 2.24) is 15.6 Å². The molecule has 0 saturated carbocycles. The van der Waals surface area contributed by atoms with Crippen LogP contribution in [0.3, 0.4) is 0 Å². The summed E-state index contributed by atoms with van der Waals surface area (Å²) in [5.74, 6) is 1.25. The van der Waals surface area contributed by atoms with E-state index in [0.29, 0.717) is 12.4 Å². The van der Waals surface area contributed by atoms with Crippen LogP contribution in [0.4, 0.5) is 4.39 Å². The SMILES string of the molecule is CN=C(NCCCCOc1ccc(F)cc1)NCCc1ncc(C)s1. The first-order valence-corrected chi connectivity index (χ1v) is 9.23. The quantitative estimate of drug-likeness (QED) is 0.408. The van der Waals surface area contributed by atoms with E-state index < -0.39 is 0 Å². The highest BCUT2D eigenvalue weighted by molar-refractivity contribution is 7.11. The molecule has 0 bridgehead atoms. The number of aryl methyl sites for hydroxylation is 1. The van der Waals surface area contributed by atoms with Gasteiger partial charge in [0, 0.05) is 37.6 Å². The number of benzene rings is 1. The lowest BCUT2D eigenvalue weighted by molar-refractivity contribution is 0.306. The molecule has 2 aromatic rings. The zero-order valence-electron chi connectivity index (χ0n) is 14.7. The van der Waals surface area contributed by atoms with Crippen molar-refractivity contribution in [2.45, 2.75) is 26.2 Å². The van der Waals surface area contributed by atoms with E-state index >= 15 is 0 Å². The molecule has 0 aliphatic heterocycles. The molecule has 0 amide bonds. The van der Waals surface area contributed by atoms with E-state index in [1.165, 1.54) is 17.0 Å². The number of thiazole rings is 1. The normalized spacial score (nSPS) is 11.4. The molecule has 1 aromatic carbocycles. The Hall–Kier alpha value is -2.15. The van der Waals surface area contributed by atoms with Gasteiger partial charge >= 0.3 is 0 Å². The molecule has 0 atom stereocenters. The summed E-state index contributed by atoms with van der Waals surface area (Å²) >= 11 is 1.73. The van der Waals surface area contributed by atoms with Crippen LogP contribution in [-0.2, 0) is 6.42 Å². The molecule has 0 unspecified atom stereocenters. The Kier molecular flexibility index (Phi) is 8.18. The fourth-order valence-electron chi connectivity index (χ4n) is 2.18. The number of aromatic nitrogens is 1. The van der Waals surface area contributed by atoms with E-state index in [0.717, 1.165) is 43.3 Å². The lowest BCUT2D eigenvalue weighted by Crippen LogP contribution is -2.38. The number of nitrogens with one attached hydrogen (secondary N) is 2. The Bertz CT molecular complexity index is 657. The van der Waals surface area contributed by atoms with Gasteiger partial charge < -0.3 is 15.4 Å². The Labute approximate surface area is 152 Å². The molecule has 7 heteroatoms. The number of ether oxygens (including phenoxy) is 1. The second-order valence-electron chi connectivity index (χ2n) is 5.55. The largest absolute Gasteiger partial charge is 0.494 e. The molecule has 0 saturated heterocycles. The van der Waals surface area contributed by atoms with Gasteiger partial charge in [-0.05, 0) is 44.0 Å². The molecule has 0 aliphatic rings. The Morgan fingerprint density at radius 1 is 1.20 bits per heavy atom. The lowest BCUT2D eigenvalue weighted by Gasteiger charge is -2.11. The van der Waals surface area contributed by atoms with Crippen molar-refractivity contribution >= 4 is 17.3 Å². The van der Waals surface area contributed by atoms with Crippen molar-refractivity contribution in [2.75, 3.05) is 26.7 Å². The molecule has 25 heavy (non-hydrogen) atoms. The highest BCUT2D eigenvalue weighted by Gasteiger charge is 2.01. The average Bonchev–Trinajstić information content (AvgIpc) is 3.03. The third kappa shape index (κ3) is 7.51. The fraction of sp³-hybridized carbons (Fsp3) is 0.444. The number of nitrogens with zero attached hydrogens (tertiary/aromatic N) is 2. The Balaban J connectivity index is 1.52. The van der Waals surface area contributed by atoms with Crippen molar-refractivity contribution in [1.29, 1.82) is 0 Å². The molecular weight excluding hydrogens is 339 g/mol. The van der Waals surface area contributed by atoms with Gasteiger partial charge in [-0.15, -0.1) is 11.3 Å². The zero-order chi connectivity index (χ0) is 17.9. The predicted molar refractivity (Wildman–Crippen MR) is 101 cm³/mol. The highest BCUT2D eigenvalue weighted by Crippen LogP contribution is 2.12. The third-order valence-corrected chi connectivity index (χ3v) is 4.44. The second-order valence-corrected chi connectivity index (χ2v) is 6.87. The summed E-state index contributed by atoms with van der Waals surface area (Å²) in [4.78, 5) is 9.79. The molecule has 0 aliphatic carbocycles. The number of hydrogen-bond donors (Lipinski definition) is 2. The van der Waals surface area contributed by atoms with Crippen molar-refractivity contribution < 1.29 is 9.13 Å². The predicted octanol–water partition coefficient (Wildman–Crippen LogP) is 3.16. The van der Waals surface area contributed by atoms with Crippen LogP contribution in [0.1, 0.15) is 22.7 Å². The summed E-state index contributed by atoms with van der Waals surface area (Å²) in [6.45, 7) is 4.31. The smallest absolute Gasteiger partial charge is 0.190 e. The maximum atomic E-state index is 12.8. The molecule has 2 N–H and O–H groups in total. The molecule has 5 nitrogen and oxygen atoms in total. The van der Waals surface area contributed by atoms with Gasteiger partial charge in [0.2, 0.25) is 0 Å². The minimum atomic E-state index is -0.250. The van der Waals surface area contributed by atoms with E-state index in [9.17, 15) is 4.39 Å². The second kappa shape index (κ2) is 10.7. The van der Waals surface area contributed by atoms with Crippen LogP contribution >= 0.6 is 11.3 Å². The van der Waals surface area contributed by atoms with Crippen molar-refractivity contribution in [3.63, 3.8) is 0 Å². The first kappa shape index (κ1) is 19.2. The van der Waals surface area contributed by atoms with Crippen LogP contribution in [0.2, 0.25) is 0 Å². The average molecular weight is 364 g/mol. The van der Waals surface area contributed by atoms with Crippen LogP contribution < -0.4 is 15.4 Å². The van der Waals surface area contributed by atoms with Gasteiger partial charge in [0.15, 0.2) is 5.96 Å². The van der Waals surface area contributed by atoms with E-state index in [2.05, 4.69) is 27.5 Å². The molecule has 1 aromatic heterocycles. The molecule has 0 fully saturated rings. The van der Waals surface area contributed by atoms with Gasteiger partial charge in [-0.1, -0.05) is 0 Å². The molecule has 0 spiro atoms. The minimum absolute atomic E-state index is 0.250. The Morgan fingerprint density at radius 2 is 1.96 bits per heavy atom. The van der Waals surface area contributed by atoms with E-state index in [-0.39, 0.29) is 5.82 Å². The molecule has 136 valence electrons. The molecule has 2 rings (SSSR count). The molecular formula is C18H25FN4OS. The van der Waals surface area contributed by atoms with Gasteiger partial charge in [0.25, 0.3) is 0 Å². The summed E-state index contributed by atoms with van der Waals surface area (Å²) in [7, 11) is 1.76. The topological polar surface area (TPSA) is 58.5 Å². The molecule has 1 heterocycles. The van der Waals surface area contributed by atoms with Crippen LogP contribution in [0, 0.1) is 12.7 Å². The first-order valence-electron chi connectivity index (χ1n) is 8.41. The number of rotatable bonds is 9. The molecule has 0 radical (unpaired) electrons. The van der Waals surface area contributed by atoms with E-state index in [1.807, 2.05) is 6.20 Å². The van der Waals surface area contributed by atoms with Crippen LogP contribution in [0.5, 0.6) is 5.75 Å².